The molecule has 23 heavy (non-hydrogen) atoms. The Hall–Kier alpha value is -1.82. The first-order valence-corrected chi connectivity index (χ1v) is 8.94. The highest BCUT2D eigenvalue weighted by Gasteiger charge is 2.19. The lowest BCUT2D eigenvalue weighted by Crippen LogP contribution is -2.31. The van der Waals surface area contributed by atoms with Gasteiger partial charge < -0.3 is 9.88 Å². The van der Waals surface area contributed by atoms with Crippen LogP contribution in [0, 0.1) is 0 Å². The molecule has 0 spiro atoms. The van der Waals surface area contributed by atoms with Crippen LogP contribution in [0.3, 0.4) is 0 Å². The van der Waals surface area contributed by atoms with Crippen LogP contribution in [0.25, 0.3) is 0 Å². The molecule has 0 unspecified atom stereocenters. The predicted molar refractivity (Wildman–Crippen MR) is 93.6 cm³/mol. The summed E-state index contributed by atoms with van der Waals surface area (Å²) in [5, 5.41) is 12.1. The summed E-state index contributed by atoms with van der Waals surface area (Å²) < 4.78 is 2.08. The van der Waals surface area contributed by atoms with E-state index in [2.05, 4.69) is 39.1 Å². The van der Waals surface area contributed by atoms with Crippen LogP contribution < -0.4 is 5.32 Å². The molecule has 1 amide bonds. The number of aromatic nitrogens is 3. The van der Waals surface area contributed by atoms with Crippen molar-refractivity contribution in [2.24, 2.45) is 0 Å². The highest BCUT2D eigenvalue weighted by Crippen LogP contribution is 2.23. The van der Waals surface area contributed by atoms with Crippen molar-refractivity contribution in [3.63, 3.8) is 0 Å². The normalized spacial score (nSPS) is 12.1. The molecule has 2 aromatic rings. The van der Waals surface area contributed by atoms with Crippen molar-refractivity contribution in [3.8, 4) is 0 Å². The lowest BCUT2D eigenvalue weighted by atomic mass is 10.1. The van der Waals surface area contributed by atoms with Crippen LogP contribution in [0.15, 0.2) is 35.5 Å². The SMILES string of the molecule is CCCNC(=O)[C@@H](C)Sc1nnc(Cc2ccccc2)n1CC. The summed E-state index contributed by atoms with van der Waals surface area (Å²) in [6.45, 7) is 7.52. The molecule has 0 aliphatic heterocycles. The first-order valence-electron chi connectivity index (χ1n) is 8.06. The van der Waals surface area contributed by atoms with Gasteiger partial charge in [0.15, 0.2) is 5.16 Å². The van der Waals surface area contributed by atoms with E-state index in [9.17, 15) is 4.79 Å². The van der Waals surface area contributed by atoms with Gasteiger partial charge in [-0.05, 0) is 25.8 Å². The van der Waals surface area contributed by atoms with Gasteiger partial charge in [-0.25, -0.2) is 0 Å². The molecule has 0 fully saturated rings. The molecule has 0 aliphatic carbocycles. The lowest BCUT2D eigenvalue weighted by molar-refractivity contribution is -0.120. The highest BCUT2D eigenvalue weighted by molar-refractivity contribution is 8.00. The molecular weight excluding hydrogens is 308 g/mol. The van der Waals surface area contributed by atoms with Crippen molar-refractivity contribution < 1.29 is 4.79 Å². The number of amides is 1. The van der Waals surface area contributed by atoms with Gasteiger partial charge in [0, 0.05) is 19.5 Å². The maximum atomic E-state index is 12.0. The van der Waals surface area contributed by atoms with Crippen molar-refractivity contribution in [2.75, 3.05) is 6.54 Å². The zero-order valence-corrected chi connectivity index (χ0v) is 14.8. The molecule has 0 aliphatic rings. The average Bonchev–Trinajstić information content (AvgIpc) is 2.94. The van der Waals surface area contributed by atoms with E-state index in [1.165, 1.54) is 17.3 Å². The number of hydrogen-bond acceptors (Lipinski definition) is 4. The third-order valence-corrected chi connectivity index (χ3v) is 4.60. The standard InChI is InChI=1S/C17H24N4OS/c1-4-11-18-16(22)13(3)23-17-20-19-15(21(17)5-2)12-14-9-7-6-8-10-14/h6-10,13H,4-5,11-12H2,1-3H3,(H,18,22)/t13-/m1/s1. The Labute approximate surface area is 141 Å². The molecule has 2 rings (SSSR count). The predicted octanol–water partition coefficient (Wildman–Crippen LogP) is 2.90. The first kappa shape index (κ1) is 17.5. The van der Waals surface area contributed by atoms with Crippen molar-refractivity contribution in [1.29, 1.82) is 0 Å². The minimum absolute atomic E-state index is 0.0483. The number of benzene rings is 1. The number of nitrogens with one attached hydrogen (secondary N) is 1. The molecular formula is C17H24N4OS. The van der Waals surface area contributed by atoms with E-state index in [1.54, 1.807) is 0 Å². The van der Waals surface area contributed by atoms with Gasteiger partial charge in [-0.2, -0.15) is 0 Å². The largest absolute Gasteiger partial charge is 0.355 e. The van der Waals surface area contributed by atoms with Gasteiger partial charge in [-0.15, -0.1) is 10.2 Å². The second kappa shape index (κ2) is 8.72. The van der Waals surface area contributed by atoms with E-state index in [1.807, 2.05) is 32.0 Å². The minimum atomic E-state index is -0.180. The van der Waals surface area contributed by atoms with Gasteiger partial charge in [0.2, 0.25) is 5.91 Å². The Bertz CT molecular complexity index is 627. The van der Waals surface area contributed by atoms with Gasteiger partial charge in [0.25, 0.3) is 0 Å². The van der Waals surface area contributed by atoms with E-state index in [0.29, 0.717) is 6.54 Å². The molecule has 0 saturated carbocycles. The molecule has 6 heteroatoms. The zero-order valence-electron chi connectivity index (χ0n) is 14.0. The smallest absolute Gasteiger partial charge is 0.233 e. The molecule has 1 N–H and O–H groups in total. The lowest BCUT2D eigenvalue weighted by Gasteiger charge is -2.12. The Morgan fingerprint density at radius 1 is 1.26 bits per heavy atom. The van der Waals surface area contributed by atoms with Crippen LogP contribution in [0.2, 0.25) is 0 Å². The second-order valence-corrected chi connectivity index (χ2v) is 6.66. The molecule has 0 radical (unpaired) electrons. The van der Waals surface area contributed by atoms with Gasteiger partial charge in [-0.3, -0.25) is 4.79 Å². The van der Waals surface area contributed by atoms with Crippen molar-refractivity contribution >= 4 is 17.7 Å². The Balaban J connectivity index is 2.07. The fourth-order valence-corrected chi connectivity index (χ4v) is 3.19. The van der Waals surface area contributed by atoms with E-state index in [-0.39, 0.29) is 11.2 Å². The van der Waals surface area contributed by atoms with Crippen LogP contribution >= 0.6 is 11.8 Å². The number of rotatable bonds is 8. The molecule has 124 valence electrons. The Kier molecular flexibility index (Phi) is 6.65. The topological polar surface area (TPSA) is 59.8 Å². The van der Waals surface area contributed by atoms with E-state index in [4.69, 9.17) is 0 Å². The molecule has 5 nitrogen and oxygen atoms in total. The molecule has 1 aromatic heterocycles. The van der Waals surface area contributed by atoms with Gasteiger partial charge in [0.05, 0.1) is 5.25 Å². The van der Waals surface area contributed by atoms with E-state index < -0.39 is 0 Å². The molecule has 0 bridgehead atoms. The van der Waals surface area contributed by atoms with Crippen LogP contribution in [-0.2, 0) is 17.8 Å². The summed E-state index contributed by atoms with van der Waals surface area (Å²) in [4.78, 5) is 12.0. The molecule has 1 atom stereocenters. The molecule has 0 saturated heterocycles. The van der Waals surface area contributed by atoms with Crippen molar-refractivity contribution in [3.05, 3.63) is 41.7 Å². The Morgan fingerprint density at radius 2 is 2.00 bits per heavy atom. The highest BCUT2D eigenvalue weighted by atomic mass is 32.2. The summed E-state index contributed by atoms with van der Waals surface area (Å²) in [6, 6.07) is 10.2. The average molecular weight is 332 g/mol. The number of carbonyl (C=O) groups is 1. The summed E-state index contributed by atoms with van der Waals surface area (Å²) >= 11 is 1.46. The summed E-state index contributed by atoms with van der Waals surface area (Å²) in [6.07, 6.45) is 1.69. The van der Waals surface area contributed by atoms with E-state index in [0.717, 1.165) is 30.4 Å². The van der Waals surface area contributed by atoms with E-state index >= 15 is 0 Å². The number of nitrogens with zero attached hydrogens (tertiary/aromatic N) is 3. The van der Waals surface area contributed by atoms with Crippen LogP contribution in [0.1, 0.15) is 38.6 Å². The maximum absolute atomic E-state index is 12.0. The monoisotopic (exact) mass is 332 g/mol. The fourth-order valence-electron chi connectivity index (χ4n) is 2.24. The Morgan fingerprint density at radius 3 is 2.65 bits per heavy atom. The maximum Gasteiger partial charge on any atom is 0.233 e. The van der Waals surface area contributed by atoms with Gasteiger partial charge in [-0.1, -0.05) is 49.0 Å². The summed E-state index contributed by atoms with van der Waals surface area (Å²) in [5.74, 6) is 0.981. The second-order valence-electron chi connectivity index (χ2n) is 5.36. The number of thioether (sulfide) groups is 1. The minimum Gasteiger partial charge on any atom is -0.355 e. The van der Waals surface area contributed by atoms with Crippen molar-refractivity contribution in [2.45, 2.75) is 50.6 Å². The molecule has 1 aromatic carbocycles. The zero-order chi connectivity index (χ0) is 16.7. The summed E-state index contributed by atoms with van der Waals surface area (Å²) in [5.41, 5.74) is 1.21. The summed E-state index contributed by atoms with van der Waals surface area (Å²) in [7, 11) is 0. The first-order chi connectivity index (χ1) is 11.2. The van der Waals surface area contributed by atoms with Crippen LogP contribution in [-0.4, -0.2) is 32.5 Å². The number of carbonyl (C=O) groups excluding carboxylic acids is 1. The quantitative estimate of drug-likeness (QED) is 0.755. The van der Waals surface area contributed by atoms with Crippen molar-refractivity contribution in [1.82, 2.24) is 20.1 Å². The third-order valence-electron chi connectivity index (χ3n) is 3.52. The van der Waals surface area contributed by atoms with Crippen LogP contribution in [0.5, 0.6) is 0 Å². The van der Waals surface area contributed by atoms with Gasteiger partial charge >= 0.3 is 0 Å². The molecule has 1 heterocycles. The third kappa shape index (κ3) is 4.82. The van der Waals surface area contributed by atoms with Gasteiger partial charge in [0.1, 0.15) is 5.82 Å². The number of hydrogen-bond donors (Lipinski definition) is 1. The fraction of sp³-hybridized carbons (Fsp3) is 0.471. The van der Waals surface area contributed by atoms with Crippen LogP contribution in [0.4, 0.5) is 0 Å².